The molecule has 1 N–H and O–H groups in total. The highest BCUT2D eigenvalue weighted by atomic mass is 35.5. The molecule has 0 aliphatic carbocycles. The third-order valence-electron chi connectivity index (χ3n) is 7.85. The molecular weight excluding hydrogens is 581 g/mol. The van der Waals surface area contributed by atoms with Crippen LogP contribution in [0.2, 0.25) is 10.0 Å². The molecule has 2 aliphatic heterocycles. The number of carboxylic acid groups (broad SMARTS) is 1. The van der Waals surface area contributed by atoms with E-state index in [0.29, 0.717) is 47.2 Å². The number of anilines is 2. The lowest BCUT2D eigenvalue weighted by molar-refractivity contribution is 0.0695. The number of hydrogen-bond acceptors (Lipinski definition) is 9. The number of fused-ring (bicyclic) bond motifs is 1. The van der Waals surface area contributed by atoms with Crippen LogP contribution in [0.3, 0.4) is 0 Å². The van der Waals surface area contributed by atoms with Crippen LogP contribution in [-0.4, -0.2) is 87.9 Å². The molecule has 0 bridgehead atoms. The SMILES string of the molecule is CN(C)C1CN(c2cc(-n3cc(C(=O)O)c(=O)c4cc(Cl)c(N5CCC[C@@H]5COc5ncccc5Cl)nc43)ccn2)C1. The second-order valence-electron chi connectivity index (χ2n) is 10.7. The number of halogens is 2. The summed E-state index contributed by atoms with van der Waals surface area (Å²) in [5.74, 6) is 0.274. The molecule has 0 unspecified atom stereocenters. The molecule has 11 nitrogen and oxygen atoms in total. The summed E-state index contributed by atoms with van der Waals surface area (Å²) in [4.78, 5) is 45.3. The Hall–Kier alpha value is -3.93. The fraction of sp³-hybridized carbons (Fsp3) is 0.345. The molecule has 0 amide bonds. The smallest absolute Gasteiger partial charge is 0.341 e. The summed E-state index contributed by atoms with van der Waals surface area (Å²) in [5, 5.41) is 10.6. The van der Waals surface area contributed by atoms with E-state index in [2.05, 4.69) is 24.7 Å². The monoisotopic (exact) mass is 609 g/mol. The first-order valence-corrected chi connectivity index (χ1v) is 14.3. The second-order valence-corrected chi connectivity index (χ2v) is 11.5. The Bertz CT molecular complexity index is 1720. The minimum absolute atomic E-state index is 0.0624. The van der Waals surface area contributed by atoms with Crippen LogP contribution in [0.5, 0.6) is 5.88 Å². The summed E-state index contributed by atoms with van der Waals surface area (Å²) in [6.07, 6.45) is 6.34. The average molecular weight is 611 g/mol. The van der Waals surface area contributed by atoms with E-state index >= 15 is 0 Å². The summed E-state index contributed by atoms with van der Waals surface area (Å²) in [6.45, 7) is 2.65. The highest BCUT2D eigenvalue weighted by Gasteiger charge is 2.31. The van der Waals surface area contributed by atoms with Gasteiger partial charge in [0.15, 0.2) is 5.65 Å². The van der Waals surface area contributed by atoms with Crippen molar-refractivity contribution in [3.8, 4) is 11.6 Å². The second kappa shape index (κ2) is 11.4. The maximum atomic E-state index is 13.3. The predicted molar refractivity (Wildman–Crippen MR) is 162 cm³/mol. The van der Waals surface area contributed by atoms with Crippen LogP contribution in [0, 0.1) is 0 Å². The van der Waals surface area contributed by atoms with Crippen molar-refractivity contribution in [1.29, 1.82) is 0 Å². The maximum Gasteiger partial charge on any atom is 0.341 e. The molecule has 42 heavy (non-hydrogen) atoms. The molecule has 6 rings (SSSR count). The zero-order chi connectivity index (χ0) is 29.5. The van der Waals surface area contributed by atoms with Gasteiger partial charge >= 0.3 is 5.97 Å². The van der Waals surface area contributed by atoms with E-state index in [0.717, 1.165) is 31.7 Å². The van der Waals surface area contributed by atoms with Gasteiger partial charge in [0.05, 0.1) is 22.1 Å². The van der Waals surface area contributed by atoms with Crippen LogP contribution in [0.25, 0.3) is 16.7 Å². The Morgan fingerprint density at radius 1 is 1.14 bits per heavy atom. The first kappa shape index (κ1) is 28.2. The van der Waals surface area contributed by atoms with Gasteiger partial charge in [-0.25, -0.2) is 19.7 Å². The van der Waals surface area contributed by atoms with E-state index < -0.39 is 11.4 Å². The fourth-order valence-corrected chi connectivity index (χ4v) is 5.84. The van der Waals surface area contributed by atoms with Crippen molar-refractivity contribution in [2.45, 2.75) is 24.9 Å². The minimum atomic E-state index is -1.33. The molecule has 4 aromatic heterocycles. The molecule has 0 aromatic carbocycles. The number of carbonyl (C=O) groups is 1. The molecule has 218 valence electrons. The van der Waals surface area contributed by atoms with Crippen LogP contribution < -0.4 is 20.0 Å². The molecule has 13 heteroatoms. The van der Waals surface area contributed by atoms with Crippen LogP contribution in [-0.2, 0) is 0 Å². The van der Waals surface area contributed by atoms with E-state index in [-0.39, 0.29) is 22.0 Å². The number of ether oxygens (including phenoxy) is 1. The number of hydrogen-bond donors (Lipinski definition) is 1. The van der Waals surface area contributed by atoms with E-state index in [1.165, 1.54) is 12.3 Å². The molecular formula is C29H29Cl2N7O4. The standard InChI is InChI=1S/C29H29Cl2N7O4/c1-35(2)19-13-36(14-19)24-11-17(7-9-32-24)38-15-21(29(40)41)25(39)20-12-23(31)27(34-26(20)38)37-10-4-5-18(37)16-42-28-22(30)6-3-8-33-28/h3,6-9,11-12,15,18-19H,4-5,10,13-14,16H2,1-2H3,(H,40,41)/t18-/m1/s1. The van der Waals surface area contributed by atoms with Crippen molar-refractivity contribution < 1.29 is 14.6 Å². The lowest BCUT2D eigenvalue weighted by Gasteiger charge is -2.43. The normalized spacial score (nSPS) is 17.2. The first-order valence-electron chi connectivity index (χ1n) is 13.6. The lowest BCUT2D eigenvalue weighted by Crippen LogP contribution is -2.57. The van der Waals surface area contributed by atoms with Gasteiger partial charge in [-0.1, -0.05) is 23.2 Å². The van der Waals surface area contributed by atoms with Gasteiger partial charge in [0.25, 0.3) is 0 Å². The van der Waals surface area contributed by atoms with Crippen LogP contribution in [0.4, 0.5) is 11.6 Å². The van der Waals surface area contributed by atoms with Gasteiger partial charge in [0, 0.05) is 50.3 Å². The molecule has 0 spiro atoms. The van der Waals surface area contributed by atoms with Gasteiger partial charge in [-0.15, -0.1) is 0 Å². The predicted octanol–water partition coefficient (Wildman–Crippen LogP) is 3.98. The third kappa shape index (κ3) is 5.23. The highest BCUT2D eigenvalue weighted by Crippen LogP contribution is 2.34. The zero-order valence-corrected chi connectivity index (χ0v) is 24.6. The van der Waals surface area contributed by atoms with Crippen LogP contribution >= 0.6 is 23.2 Å². The van der Waals surface area contributed by atoms with Crippen molar-refractivity contribution in [2.75, 3.05) is 50.1 Å². The van der Waals surface area contributed by atoms with Crippen molar-refractivity contribution in [3.63, 3.8) is 0 Å². The van der Waals surface area contributed by atoms with Crippen LogP contribution in [0.1, 0.15) is 23.2 Å². The molecule has 4 aromatic rings. The Morgan fingerprint density at radius 2 is 1.95 bits per heavy atom. The molecule has 1 atom stereocenters. The quantitative estimate of drug-likeness (QED) is 0.314. The first-order chi connectivity index (χ1) is 20.2. The summed E-state index contributed by atoms with van der Waals surface area (Å²) in [5.41, 5.74) is -0.0854. The number of likely N-dealkylation sites (N-methyl/N-ethyl adjacent to an activating group) is 1. The Balaban J connectivity index is 1.40. The van der Waals surface area contributed by atoms with Gasteiger partial charge in [0.2, 0.25) is 11.3 Å². The van der Waals surface area contributed by atoms with E-state index in [1.54, 1.807) is 35.2 Å². The number of pyridine rings is 4. The molecule has 6 heterocycles. The van der Waals surface area contributed by atoms with Crippen LogP contribution in [0.15, 0.2) is 53.7 Å². The van der Waals surface area contributed by atoms with E-state index in [1.807, 2.05) is 20.2 Å². The zero-order valence-electron chi connectivity index (χ0n) is 23.1. The van der Waals surface area contributed by atoms with E-state index in [4.69, 9.17) is 32.9 Å². The Kier molecular flexibility index (Phi) is 7.65. The maximum absolute atomic E-state index is 13.3. The Morgan fingerprint density at radius 3 is 2.69 bits per heavy atom. The molecule has 0 radical (unpaired) electrons. The summed E-state index contributed by atoms with van der Waals surface area (Å²) < 4.78 is 7.57. The topological polar surface area (TPSA) is 117 Å². The van der Waals surface area contributed by atoms with Gasteiger partial charge in [-0.05, 0) is 51.2 Å². The number of carboxylic acids is 1. The molecule has 2 aliphatic rings. The number of nitrogens with zero attached hydrogens (tertiary/aromatic N) is 7. The lowest BCUT2D eigenvalue weighted by atomic mass is 10.1. The Labute approximate surface area is 251 Å². The van der Waals surface area contributed by atoms with Gasteiger partial charge in [-0.3, -0.25) is 9.36 Å². The minimum Gasteiger partial charge on any atom is -0.477 e. The van der Waals surface area contributed by atoms with Gasteiger partial charge in [0.1, 0.15) is 28.8 Å². The highest BCUT2D eigenvalue weighted by molar-refractivity contribution is 6.33. The molecule has 0 saturated carbocycles. The summed E-state index contributed by atoms with van der Waals surface area (Å²) >= 11 is 13.0. The number of aromatic nitrogens is 4. The van der Waals surface area contributed by atoms with E-state index in [9.17, 15) is 14.7 Å². The number of aromatic carboxylic acids is 1. The third-order valence-corrected chi connectivity index (χ3v) is 8.42. The molecule has 2 fully saturated rings. The van der Waals surface area contributed by atoms with Crippen molar-refractivity contribution in [2.24, 2.45) is 0 Å². The largest absolute Gasteiger partial charge is 0.477 e. The van der Waals surface area contributed by atoms with Crippen molar-refractivity contribution in [3.05, 3.63) is 74.8 Å². The molecule has 2 saturated heterocycles. The van der Waals surface area contributed by atoms with Crippen molar-refractivity contribution >= 4 is 51.8 Å². The summed E-state index contributed by atoms with van der Waals surface area (Å²) in [6, 6.07) is 8.97. The van der Waals surface area contributed by atoms with Crippen molar-refractivity contribution in [1.82, 2.24) is 24.4 Å². The fourth-order valence-electron chi connectivity index (χ4n) is 5.40. The van der Waals surface area contributed by atoms with Gasteiger partial charge in [-0.2, -0.15) is 0 Å². The average Bonchev–Trinajstić information content (AvgIpc) is 3.40. The summed E-state index contributed by atoms with van der Waals surface area (Å²) in [7, 11) is 4.09. The number of rotatable bonds is 8. The van der Waals surface area contributed by atoms with Gasteiger partial charge < -0.3 is 24.5 Å².